The third-order valence-electron chi connectivity index (χ3n) is 2.97. The molecule has 0 spiro atoms. The second-order valence-electron chi connectivity index (χ2n) is 4.10. The number of hydrogen-bond donors (Lipinski definition) is 1. The zero-order chi connectivity index (χ0) is 14.7. The monoisotopic (exact) mass is 288 g/mol. The van der Waals surface area contributed by atoms with E-state index in [2.05, 4.69) is 6.58 Å². The van der Waals surface area contributed by atoms with Gasteiger partial charge in [0.25, 0.3) is 0 Å². The Balaban J connectivity index is 2.82. The highest BCUT2D eigenvalue weighted by Crippen LogP contribution is 2.40. The lowest BCUT2D eigenvalue weighted by molar-refractivity contribution is 0.0693. The summed E-state index contributed by atoms with van der Waals surface area (Å²) in [6.45, 7) is 3.74. The van der Waals surface area contributed by atoms with E-state index in [1.54, 1.807) is 6.08 Å². The minimum atomic E-state index is -1.09. The van der Waals surface area contributed by atoms with Crippen LogP contribution in [0.1, 0.15) is 15.9 Å². The van der Waals surface area contributed by atoms with Crippen LogP contribution >= 0.6 is 11.6 Å². The van der Waals surface area contributed by atoms with E-state index in [-0.39, 0.29) is 11.3 Å². The third kappa shape index (κ3) is 2.40. The van der Waals surface area contributed by atoms with Gasteiger partial charge in [-0.15, -0.1) is 0 Å². The molecule has 0 unspecified atom stereocenters. The van der Waals surface area contributed by atoms with Gasteiger partial charge in [-0.25, -0.2) is 4.79 Å². The summed E-state index contributed by atoms with van der Waals surface area (Å²) in [7, 11) is 1.43. The van der Waals surface area contributed by atoms with E-state index < -0.39 is 5.97 Å². The van der Waals surface area contributed by atoms with Crippen LogP contribution in [0, 0.1) is 0 Å². The zero-order valence-corrected chi connectivity index (χ0v) is 11.6. The molecule has 2 aromatic carbocycles. The molecule has 0 aliphatic heterocycles. The number of carboxylic acid groups (broad SMARTS) is 1. The van der Waals surface area contributed by atoms with Gasteiger partial charge in [0, 0.05) is 11.1 Å². The molecule has 0 saturated carbocycles. The molecule has 0 aliphatic carbocycles. The second-order valence-corrected chi connectivity index (χ2v) is 4.51. The number of carbonyl (C=O) groups is 1. The fraction of sp³-hybridized carbons (Fsp3) is 0.0625. The van der Waals surface area contributed by atoms with Gasteiger partial charge in [-0.05, 0) is 11.6 Å². The van der Waals surface area contributed by atoms with Crippen molar-refractivity contribution in [3.05, 3.63) is 59.1 Å². The molecule has 0 radical (unpaired) electrons. The van der Waals surface area contributed by atoms with E-state index >= 15 is 0 Å². The van der Waals surface area contributed by atoms with E-state index in [0.29, 0.717) is 16.1 Å². The number of aromatic carboxylic acids is 1. The maximum Gasteiger partial charge on any atom is 0.339 e. The fourth-order valence-corrected chi connectivity index (χ4v) is 2.44. The molecule has 4 heteroatoms. The lowest BCUT2D eigenvalue weighted by Gasteiger charge is -2.15. The van der Waals surface area contributed by atoms with Crippen molar-refractivity contribution in [1.29, 1.82) is 0 Å². The molecule has 0 bridgehead atoms. The molecule has 1 N–H and O–H groups in total. The highest BCUT2D eigenvalue weighted by Gasteiger charge is 2.20. The molecular formula is C16H13ClO3. The summed E-state index contributed by atoms with van der Waals surface area (Å²) in [5, 5.41) is 9.58. The van der Waals surface area contributed by atoms with E-state index in [0.717, 1.165) is 5.56 Å². The lowest BCUT2D eigenvalue weighted by Crippen LogP contribution is -2.04. The molecule has 102 valence electrons. The minimum absolute atomic E-state index is 0.0204. The molecule has 0 aliphatic rings. The maximum atomic E-state index is 11.3. The molecule has 0 fully saturated rings. The van der Waals surface area contributed by atoms with Crippen molar-refractivity contribution < 1.29 is 14.6 Å². The predicted molar refractivity (Wildman–Crippen MR) is 80.5 cm³/mol. The Labute approximate surface area is 122 Å². The summed E-state index contributed by atoms with van der Waals surface area (Å²) in [6, 6.07) is 10.9. The highest BCUT2D eigenvalue weighted by molar-refractivity contribution is 6.34. The van der Waals surface area contributed by atoms with Gasteiger partial charge in [0.1, 0.15) is 11.3 Å². The number of methoxy groups -OCH3 is 1. The summed E-state index contributed by atoms with van der Waals surface area (Å²) in [5.41, 5.74) is 2.18. The standard InChI is InChI=1S/C16H13ClO3/c1-3-11-14(10-7-5-4-6-8-10)13(17)9-12(16(18)19)15(11)20-2/h3-9H,1H2,2H3,(H,18,19). The van der Waals surface area contributed by atoms with Crippen molar-refractivity contribution in [1.82, 2.24) is 0 Å². The van der Waals surface area contributed by atoms with Crippen LogP contribution in [-0.2, 0) is 0 Å². The summed E-state index contributed by atoms with van der Waals surface area (Å²) in [4.78, 5) is 11.3. The highest BCUT2D eigenvalue weighted by atomic mass is 35.5. The molecule has 0 amide bonds. The summed E-state index contributed by atoms with van der Waals surface area (Å²) in [6.07, 6.45) is 1.56. The number of ether oxygens (including phenoxy) is 1. The van der Waals surface area contributed by atoms with Crippen LogP contribution in [0.25, 0.3) is 17.2 Å². The molecule has 3 nitrogen and oxygen atoms in total. The Bertz CT molecular complexity index is 663. The Morgan fingerprint density at radius 2 is 2.00 bits per heavy atom. The van der Waals surface area contributed by atoms with Gasteiger partial charge in [0.2, 0.25) is 0 Å². The van der Waals surface area contributed by atoms with Gasteiger partial charge < -0.3 is 9.84 Å². The minimum Gasteiger partial charge on any atom is -0.495 e. The SMILES string of the molecule is C=Cc1c(OC)c(C(=O)O)cc(Cl)c1-c1ccccc1. The van der Waals surface area contributed by atoms with Crippen molar-refractivity contribution in [2.45, 2.75) is 0 Å². The number of rotatable bonds is 4. The van der Waals surface area contributed by atoms with Crippen molar-refractivity contribution >= 4 is 23.6 Å². The first kappa shape index (κ1) is 14.2. The maximum absolute atomic E-state index is 11.3. The molecule has 20 heavy (non-hydrogen) atoms. The van der Waals surface area contributed by atoms with Gasteiger partial charge in [0.15, 0.2) is 0 Å². The molecule has 0 heterocycles. The quantitative estimate of drug-likeness (QED) is 0.909. The van der Waals surface area contributed by atoms with Crippen LogP contribution in [0.3, 0.4) is 0 Å². The van der Waals surface area contributed by atoms with Gasteiger partial charge >= 0.3 is 5.97 Å². The first-order valence-electron chi connectivity index (χ1n) is 5.91. The van der Waals surface area contributed by atoms with Crippen LogP contribution < -0.4 is 4.74 Å². The summed E-state index contributed by atoms with van der Waals surface area (Å²) >= 11 is 6.25. The summed E-state index contributed by atoms with van der Waals surface area (Å²) < 4.78 is 5.24. The molecule has 2 rings (SSSR count). The Hall–Kier alpha value is -2.26. The van der Waals surface area contributed by atoms with Crippen molar-refractivity contribution in [3.63, 3.8) is 0 Å². The fourth-order valence-electron chi connectivity index (χ4n) is 2.12. The van der Waals surface area contributed by atoms with E-state index in [1.807, 2.05) is 30.3 Å². The molecule has 0 aromatic heterocycles. The van der Waals surface area contributed by atoms with Gasteiger partial charge in [-0.2, -0.15) is 0 Å². The van der Waals surface area contributed by atoms with E-state index in [4.69, 9.17) is 16.3 Å². The zero-order valence-electron chi connectivity index (χ0n) is 10.9. The Kier molecular flexibility index (Phi) is 4.11. The molecule has 2 aromatic rings. The first-order valence-corrected chi connectivity index (χ1v) is 6.29. The van der Waals surface area contributed by atoms with Gasteiger partial charge in [0.05, 0.1) is 12.1 Å². The average Bonchev–Trinajstić information content (AvgIpc) is 2.46. The van der Waals surface area contributed by atoms with E-state index in [1.165, 1.54) is 13.2 Å². The van der Waals surface area contributed by atoms with Crippen LogP contribution in [0.5, 0.6) is 5.75 Å². The third-order valence-corrected chi connectivity index (χ3v) is 3.27. The van der Waals surface area contributed by atoms with Crippen LogP contribution in [0.15, 0.2) is 43.0 Å². The molecule has 0 saturated heterocycles. The van der Waals surface area contributed by atoms with Crippen LogP contribution in [-0.4, -0.2) is 18.2 Å². The molecule has 0 atom stereocenters. The van der Waals surface area contributed by atoms with Crippen molar-refractivity contribution in [3.8, 4) is 16.9 Å². The largest absolute Gasteiger partial charge is 0.495 e. The predicted octanol–water partition coefficient (Wildman–Crippen LogP) is 4.36. The van der Waals surface area contributed by atoms with Crippen LogP contribution in [0.2, 0.25) is 5.02 Å². The van der Waals surface area contributed by atoms with Crippen molar-refractivity contribution in [2.75, 3.05) is 7.11 Å². The van der Waals surface area contributed by atoms with Crippen LogP contribution in [0.4, 0.5) is 0 Å². The lowest BCUT2D eigenvalue weighted by atomic mass is 9.96. The Morgan fingerprint density at radius 1 is 1.35 bits per heavy atom. The van der Waals surface area contributed by atoms with Gasteiger partial charge in [-0.3, -0.25) is 0 Å². The Morgan fingerprint density at radius 3 is 2.50 bits per heavy atom. The second kappa shape index (κ2) is 5.80. The van der Waals surface area contributed by atoms with Crippen molar-refractivity contribution in [2.24, 2.45) is 0 Å². The van der Waals surface area contributed by atoms with Gasteiger partial charge in [-0.1, -0.05) is 54.6 Å². The number of hydrogen-bond acceptors (Lipinski definition) is 2. The normalized spacial score (nSPS) is 10.1. The molecular weight excluding hydrogens is 276 g/mol. The topological polar surface area (TPSA) is 46.5 Å². The number of halogens is 1. The number of benzene rings is 2. The smallest absolute Gasteiger partial charge is 0.339 e. The first-order chi connectivity index (χ1) is 9.60. The summed E-state index contributed by atoms with van der Waals surface area (Å²) in [5.74, 6) is -0.831. The van der Waals surface area contributed by atoms with E-state index in [9.17, 15) is 9.90 Å². The number of carboxylic acids is 1. The average molecular weight is 289 g/mol.